The van der Waals surface area contributed by atoms with Gasteiger partial charge in [-0.25, -0.2) is 4.98 Å². The first kappa shape index (κ1) is 25.1. The Bertz CT molecular complexity index is 918. The fourth-order valence-electron chi connectivity index (χ4n) is 4.55. The van der Waals surface area contributed by atoms with E-state index in [2.05, 4.69) is 44.1 Å². The highest BCUT2D eigenvalue weighted by Crippen LogP contribution is 2.27. The number of carbonyl (C=O) groups is 1. The van der Waals surface area contributed by atoms with E-state index in [9.17, 15) is 4.79 Å². The van der Waals surface area contributed by atoms with Gasteiger partial charge < -0.3 is 19.9 Å². The average Bonchev–Trinajstić information content (AvgIpc) is 3.23. The molecule has 1 amide bonds. The van der Waals surface area contributed by atoms with E-state index in [0.717, 1.165) is 80.5 Å². The molecule has 0 radical (unpaired) electrons. The molecule has 0 aromatic carbocycles. The summed E-state index contributed by atoms with van der Waals surface area (Å²) in [6, 6.07) is 4.51. The zero-order valence-corrected chi connectivity index (χ0v) is 22.2. The third kappa shape index (κ3) is 6.30. The lowest BCUT2D eigenvalue weighted by atomic mass is 9.85. The number of aromatic nitrogens is 2. The summed E-state index contributed by atoms with van der Waals surface area (Å²) in [5.41, 5.74) is 3.29. The Morgan fingerprint density at radius 2 is 2.00 bits per heavy atom. The van der Waals surface area contributed by atoms with Gasteiger partial charge in [0.2, 0.25) is 5.91 Å². The van der Waals surface area contributed by atoms with Crippen LogP contribution in [0.2, 0.25) is 0 Å². The number of aryl methyl sites for hydroxylation is 1. The molecular formula is C23H35IN6OS. The SMILES string of the molecule is CN=C(NCCc1cn2cccc(C)c2n1)NC1CCC(C(=O)N2CCSCC2)CC1.I. The summed E-state index contributed by atoms with van der Waals surface area (Å²) in [4.78, 5) is 24.0. The summed E-state index contributed by atoms with van der Waals surface area (Å²) >= 11 is 1.95. The zero-order valence-electron chi connectivity index (χ0n) is 19.0. The molecule has 2 aliphatic rings. The quantitative estimate of drug-likeness (QED) is 0.329. The van der Waals surface area contributed by atoms with Crippen molar-refractivity contribution < 1.29 is 4.79 Å². The van der Waals surface area contributed by atoms with E-state index in [0.29, 0.717) is 11.9 Å². The molecule has 2 N–H and O–H groups in total. The Morgan fingerprint density at radius 1 is 1.25 bits per heavy atom. The molecule has 3 heterocycles. The van der Waals surface area contributed by atoms with E-state index in [1.165, 1.54) is 5.56 Å². The van der Waals surface area contributed by atoms with Gasteiger partial charge in [0.05, 0.1) is 5.69 Å². The molecule has 1 saturated heterocycles. The monoisotopic (exact) mass is 570 g/mol. The van der Waals surface area contributed by atoms with E-state index in [4.69, 9.17) is 4.98 Å². The van der Waals surface area contributed by atoms with Crippen molar-refractivity contribution in [3.63, 3.8) is 0 Å². The Hall–Kier alpha value is -1.49. The molecule has 2 fully saturated rings. The number of imidazole rings is 1. The van der Waals surface area contributed by atoms with Gasteiger partial charge in [-0.2, -0.15) is 11.8 Å². The predicted octanol–water partition coefficient (Wildman–Crippen LogP) is 3.10. The highest BCUT2D eigenvalue weighted by molar-refractivity contribution is 14.0. The lowest BCUT2D eigenvalue weighted by Crippen LogP contribution is -2.47. The van der Waals surface area contributed by atoms with Crippen LogP contribution in [0.3, 0.4) is 0 Å². The summed E-state index contributed by atoms with van der Waals surface area (Å²) in [5.74, 6) is 3.58. The van der Waals surface area contributed by atoms with E-state index in [-0.39, 0.29) is 29.9 Å². The number of aliphatic imine (C=N–C) groups is 1. The minimum Gasteiger partial charge on any atom is -0.356 e. The second kappa shape index (κ2) is 12.1. The minimum absolute atomic E-state index is 0. The Kier molecular flexibility index (Phi) is 9.51. The molecule has 0 bridgehead atoms. The van der Waals surface area contributed by atoms with Gasteiger partial charge in [0, 0.05) is 69.0 Å². The average molecular weight is 571 g/mol. The Balaban J connectivity index is 0.00000289. The summed E-state index contributed by atoms with van der Waals surface area (Å²) in [6.07, 6.45) is 8.96. The topological polar surface area (TPSA) is 74.0 Å². The van der Waals surface area contributed by atoms with Crippen LogP contribution in [0.25, 0.3) is 5.65 Å². The van der Waals surface area contributed by atoms with Crippen LogP contribution in [0, 0.1) is 12.8 Å². The van der Waals surface area contributed by atoms with E-state index < -0.39 is 0 Å². The number of rotatable bonds is 5. The second-order valence-electron chi connectivity index (χ2n) is 8.53. The summed E-state index contributed by atoms with van der Waals surface area (Å²) in [7, 11) is 1.81. The third-order valence-electron chi connectivity index (χ3n) is 6.36. The largest absolute Gasteiger partial charge is 0.356 e. The molecule has 4 rings (SSSR count). The number of carbonyl (C=O) groups excluding carboxylic acids is 1. The lowest BCUT2D eigenvalue weighted by molar-refractivity contribution is -0.136. The molecule has 176 valence electrons. The molecule has 0 spiro atoms. The zero-order chi connectivity index (χ0) is 21.6. The Labute approximate surface area is 212 Å². The maximum atomic E-state index is 12.8. The molecule has 7 nitrogen and oxygen atoms in total. The fourth-order valence-corrected chi connectivity index (χ4v) is 5.45. The fraction of sp³-hybridized carbons (Fsp3) is 0.609. The van der Waals surface area contributed by atoms with Gasteiger partial charge >= 0.3 is 0 Å². The van der Waals surface area contributed by atoms with Crippen LogP contribution in [0.15, 0.2) is 29.5 Å². The lowest BCUT2D eigenvalue weighted by Gasteiger charge is -2.34. The van der Waals surface area contributed by atoms with Crippen molar-refractivity contribution in [2.45, 2.75) is 45.1 Å². The third-order valence-corrected chi connectivity index (χ3v) is 7.31. The van der Waals surface area contributed by atoms with Gasteiger partial charge in [-0.05, 0) is 44.2 Å². The smallest absolute Gasteiger partial charge is 0.225 e. The minimum atomic E-state index is 0. The molecule has 1 aliphatic carbocycles. The van der Waals surface area contributed by atoms with Crippen molar-refractivity contribution in [3.8, 4) is 0 Å². The Morgan fingerprint density at radius 3 is 2.69 bits per heavy atom. The van der Waals surface area contributed by atoms with Gasteiger partial charge in [-0.15, -0.1) is 24.0 Å². The van der Waals surface area contributed by atoms with E-state index in [1.807, 2.05) is 31.1 Å². The summed E-state index contributed by atoms with van der Waals surface area (Å²) in [6.45, 7) is 4.71. The molecule has 2 aromatic rings. The number of guanidine groups is 1. The molecule has 32 heavy (non-hydrogen) atoms. The number of hydrogen-bond donors (Lipinski definition) is 2. The molecule has 9 heteroatoms. The van der Waals surface area contributed by atoms with Crippen LogP contribution < -0.4 is 10.6 Å². The van der Waals surface area contributed by atoms with E-state index >= 15 is 0 Å². The molecular weight excluding hydrogens is 535 g/mol. The maximum absolute atomic E-state index is 12.8. The molecule has 0 unspecified atom stereocenters. The number of halogens is 1. The first-order valence-electron chi connectivity index (χ1n) is 11.4. The van der Waals surface area contributed by atoms with Gasteiger partial charge in [0.1, 0.15) is 5.65 Å². The van der Waals surface area contributed by atoms with Gasteiger partial charge in [-0.1, -0.05) is 6.07 Å². The van der Waals surface area contributed by atoms with Gasteiger partial charge in [-0.3, -0.25) is 9.79 Å². The predicted molar refractivity (Wildman–Crippen MR) is 143 cm³/mol. The van der Waals surface area contributed by atoms with Crippen molar-refractivity contribution >= 4 is 53.3 Å². The van der Waals surface area contributed by atoms with Crippen molar-refractivity contribution in [2.24, 2.45) is 10.9 Å². The first-order valence-corrected chi connectivity index (χ1v) is 12.6. The molecule has 2 aromatic heterocycles. The molecule has 1 aliphatic heterocycles. The standard InChI is InChI=1S/C23H34N6OS.HI/c1-17-4-3-11-29-16-20(26-21(17)29)9-10-25-23(24-2)27-19-7-5-18(6-8-19)22(30)28-12-14-31-15-13-28;/h3-4,11,16,18-19H,5-10,12-15H2,1-2H3,(H2,24,25,27);1H. The normalized spacial score (nSPS) is 21.8. The number of thioether (sulfide) groups is 1. The second-order valence-corrected chi connectivity index (χ2v) is 9.76. The molecule has 1 saturated carbocycles. The maximum Gasteiger partial charge on any atom is 0.225 e. The number of hydrogen-bond acceptors (Lipinski definition) is 4. The van der Waals surface area contributed by atoms with Crippen LogP contribution >= 0.6 is 35.7 Å². The number of fused-ring (bicyclic) bond motifs is 1. The first-order chi connectivity index (χ1) is 15.1. The van der Waals surface area contributed by atoms with Crippen molar-refractivity contribution in [1.29, 1.82) is 0 Å². The van der Waals surface area contributed by atoms with Crippen LogP contribution in [0.5, 0.6) is 0 Å². The highest BCUT2D eigenvalue weighted by atomic mass is 127. The number of pyridine rings is 1. The van der Waals surface area contributed by atoms with Crippen molar-refractivity contribution in [2.75, 3.05) is 38.2 Å². The van der Waals surface area contributed by atoms with Crippen molar-refractivity contribution in [1.82, 2.24) is 24.9 Å². The van der Waals surface area contributed by atoms with Crippen LogP contribution in [-0.2, 0) is 11.2 Å². The van der Waals surface area contributed by atoms with Gasteiger partial charge in [0.15, 0.2) is 5.96 Å². The van der Waals surface area contributed by atoms with Crippen LogP contribution in [0.1, 0.15) is 36.9 Å². The van der Waals surface area contributed by atoms with Crippen LogP contribution in [0.4, 0.5) is 0 Å². The number of amides is 1. The van der Waals surface area contributed by atoms with Gasteiger partial charge in [0.25, 0.3) is 0 Å². The molecule has 0 atom stereocenters. The number of nitrogens with one attached hydrogen (secondary N) is 2. The van der Waals surface area contributed by atoms with E-state index in [1.54, 1.807) is 0 Å². The number of nitrogens with zero attached hydrogens (tertiary/aromatic N) is 4. The van der Waals surface area contributed by atoms with Crippen molar-refractivity contribution in [3.05, 3.63) is 35.8 Å². The van der Waals surface area contributed by atoms with Crippen LogP contribution in [-0.4, -0.2) is 70.4 Å². The summed E-state index contributed by atoms with van der Waals surface area (Å²) < 4.78 is 2.08. The summed E-state index contributed by atoms with van der Waals surface area (Å²) in [5, 5.41) is 6.97. The highest BCUT2D eigenvalue weighted by Gasteiger charge is 2.30.